The SMILES string of the molecule is O=S(Cc1ccccc1)(Cc1ccccc1)=Nn1cnnc1. The molecule has 0 radical (unpaired) electrons. The molecule has 0 aliphatic heterocycles. The van der Waals surface area contributed by atoms with Gasteiger partial charge in [0.15, 0.2) is 0 Å². The van der Waals surface area contributed by atoms with E-state index in [2.05, 4.69) is 14.7 Å². The molecule has 0 unspecified atom stereocenters. The summed E-state index contributed by atoms with van der Waals surface area (Å²) in [4.78, 5) is 0. The normalized spacial score (nSPS) is 11.3. The average Bonchev–Trinajstić information content (AvgIpc) is 3.01. The van der Waals surface area contributed by atoms with E-state index in [0.29, 0.717) is 11.5 Å². The van der Waals surface area contributed by atoms with Crippen molar-refractivity contribution < 1.29 is 4.21 Å². The molecule has 22 heavy (non-hydrogen) atoms. The lowest BCUT2D eigenvalue weighted by Gasteiger charge is -2.10. The van der Waals surface area contributed by atoms with E-state index >= 15 is 0 Å². The molecule has 0 N–H and O–H groups in total. The second-order valence-electron chi connectivity index (χ2n) is 4.96. The number of hydrogen-bond acceptors (Lipinski definition) is 4. The first-order valence-corrected chi connectivity index (χ1v) is 8.74. The van der Waals surface area contributed by atoms with Crippen molar-refractivity contribution in [3.8, 4) is 0 Å². The average molecular weight is 312 g/mol. The first kappa shape index (κ1) is 14.5. The summed E-state index contributed by atoms with van der Waals surface area (Å²) in [5, 5.41) is 7.43. The highest BCUT2D eigenvalue weighted by atomic mass is 32.2. The predicted molar refractivity (Wildman–Crippen MR) is 86.3 cm³/mol. The minimum Gasteiger partial charge on any atom is -0.247 e. The van der Waals surface area contributed by atoms with Gasteiger partial charge < -0.3 is 0 Å². The molecule has 112 valence electrons. The van der Waals surface area contributed by atoms with Crippen molar-refractivity contribution in [3.63, 3.8) is 0 Å². The Balaban J connectivity index is 1.97. The monoisotopic (exact) mass is 312 g/mol. The molecule has 3 rings (SSSR count). The van der Waals surface area contributed by atoms with Crippen LogP contribution in [0.4, 0.5) is 0 Å². The second-order valence-corrected chi connectivity index (χ2v) is 7.24. The molecular weight excluding hydrogens is 296 g/mol. The van der Waals surface area contributed by atoms with Crippen LogP contribution in [0.1, 0.15) is 11.1 Å². The maximum absolute atomic E-state index is 13.3. The third-order valence-corrected chi connectivity index (χ3v) is 5.17. The lowest BCUT2D eigenvalue weighted by atomic mass is 10.2. The fourth-order valence-electron chi connectivity index (χ4n) is 2.19. The molecule has 1 aromatic heterocycles. The summed E-state index contributed by atoms with van der Waals surface area (Å²) in [6.07, 6.45) is 2.91. The molecule has 2 aromatic carbocycles. The van der Waals surface area contributed by atoms with Crippen molar-refractivity contribution in [2.45, 2.75) is 11.5 Å². The summed E-state index contributed by atoms with van der Waals surface area (Å²) in [7, 11) is -2.51. The Morgan fingerprint density at radius 2 is 1.27 bits per heavy atom. The molecule has 0 amide bonds. The summed E-state index contributed by atoms with van der Waals surface area (Å²) < 4.78 is 19.1. The Bertz CT molecular complexity index is 776. The zero-order valence-electron chi connectivity index (χ0n) is 11.9. The number of benzene rings is 2. The van der Waals surface area contributed by atoms with E-state index in [-0.39, 0.29) is 0 Å². The van der Waals surface area contributed by atoms with Crippen LogP contribution in [-0.2, 0) is 21.2 Å². The van der Waals surface area contributed by atoms with E-state index in [1.807, 2.05) is 60.7 Å². The molecule has 0 bridgehead atoms. The van der Waals surface area contributed by atoms with Gasteiger partial charge in [0, 0.05) is 0 Å². The van der Waals surface area contributed by atoms with Crippen LogP contribution in [-0.4, -0.2) is 19.1 Å². The Morgan fingerprint density at radius 3 is 1.73 bits per heavy atom. The van der Waals surface area contributed by atoms with E-state index in [1.165, 1.54) is 17.3 Å². The van der Waals surface area contributed by atoms with Gasteiger partial charge in [0.05, 0.1) is 21.2 Å². The van der Waals surface area contributed by atoms with Crippen LogP contribution in [0, 0.1) is 0 Å². The van der Waals surface area contributed by atoms with Crippen LogP contribution in [0.2, 0.25) is 0 Å². The highest BCUT2D eigenvalue weighted by Crippen LogP contribution is 2.15. The smallest absolute Gasteiger partial charge is 0.142 e. The van der Waals surface area contributed by atoms with E-state index < -0.39 is 9.73 Å². The van der Waals surface area contributed by atoms with Crippen molar-refractivity contribution in [1.82, 2.24) is 14.9 Å². The van der Waals surface area contributed by atoms with Crippen LogP contribution >= 0.6 is 0 Å². The van der Waals surface area contributed by atoms with Crippen LogP contribution < -0.4 is 0 Å². The van der Waals surface area contributed by atoms with Gasteiger partial charge in [-0.1, -0.05) is 60.7 Å². The Kier molecular flexibility index (Phi) is 4.29. The summed E-state index contributed by atoms with van der Waals surface area (Å²) in [5.74, 6) is 0.780. The number of nitrogens with zero attached hydrogens (tertiary/aromatic N) is 4. The molecule has 3 aromatic rings. The highest BCUT2D eigenvalue weighted by molar-refractivity contribution is 7.92. The van der Waals surface area contributed by atoms with E-state index in [0.717, 1.165) is 11.1 Å². The second kappa shape index (κ2) is 6.53. The van der Waals surface area contributed by atoms with Gasteiger partial charge in [-0.15, -0.1) is 14.7 Å². The maximum Gasteiger partial charge on any atom is 0.142 e. The van der Waals surface area contributed by atoms with Crippen LogP contribution in [0.25, 0.3) is 0 Å². The topological polar surface area (TPSA) is 60.1 Å². The summed E-state index contributed by atoms with van der Waals surface area (Å²) in [6.45, 7) is 0. The lowest BCUT2D eigenvalue weighted by Crippen LogP contribution is -2.09. The van der Waals surface area contributed by atoms with Gasteiger partial charge in [0.2, 0.25) is 0 Å². The van der Waals surface area contributed by atoms with Gasteiger partial charge in [-0.2, -0.15) is 4.68 Å². The Labute approximate surface area is 129 Å². The van der Waals surface area contributed by atoms with E-state index in [1.54, 1.807) is 0 Å². The molecular formula is C16H16N4OS. The van der Waals surface area contributed by atoms with Gasteiger partial charge in [0.1, 0.15) is 12.7 Å². The van der Waals surface area contributed by atoms with E-state index in [4.69, 9.17) is 0 Å². The molecule has 1 heterocycles. The molecule has 0 saturated heterocycles. The molecule has 0 fully saturated rings. The molecule has 0 aliphatic rings. The first-order valence-electron chi connectivity index (χ1n) is 6.89. The van der Waals surface area contributed by atoms with Crippen molar-refractivity contribution >= 4 is 9.73 Å². The third-order valence-electron chi connectivity index (χ3n) is 3.12. The van der Waals surface area contributed by atoms with Crippen molar-refractivity contribution in [2.75, 3.05) is 0 Å². The van der Waals surface area contributed by atoms with Crippen LogP contribution in [0.15, 0.2) is 77.8 Å². The lowest BCUT2D eigenvalue weighted by molar-refractivity contribution is 0.669. The molecule has 6 heteroatoms. The molecule has 0 aliphatic carbocycles. The Hall–Kier alpha value is -2.47. The van der Waals surface area contributed by atoms with Gasteiger partial charge in [-0.25, -0.2) is 4.21 Å². The quantitative estimate of drug-likeness (QED) is 0.728. The minimum absolute atomic E-state index is 0.390. The standard InChI is InChI=1S/C16H16N4OS/c21-22(19-20-13-17-18-14-20,11-15-7-3-1-4-8-15)12-16-9-5-2-6-10-16/h1-10,13-14H,11-12H2. The predicted octanol–water partition coefficient (Wildman–Crippen LogP) is 2.91. The van der Waals surface area contributed by atoms with E-state index in [9.17, 15) is 4.21 Å². The van der Waals surface area contributed by atoms with Crippen LogP contribution in [0.5, 0.6) is 0 Å². The van der Waals surface area contributed by atoms with Crippen LogP contribution in [0.3, 0.4) is 0 Å². The summed E-state index contributed by atoms with van der Waals surface area (Å²) >= 11 is 0. The maximum atomic E-state index is 13.3. The fraction of sp³-hybridized carbons (Fsp3) is 0.125. The summed E-state index contributed by atoms with van der Waals surface area (Å²) in [5.41, 5.74) is 2.00. The van der Waals surface area contributed by atoms with Crippen molar-refractivity contribution in [3.05, 3.63) is 84.4 Å². The fourth-order valence-corrected chi connectivity index (χ4v) is 4.26. The third kappa shape index (κ3) is 3.79. The zero-order chi connectivity index (χ0) is 15.3. The molecule has 0 saturated carbocycles. The minimum atomic E-state index is -2.51. The number of rotatable bonds is 5. The zero-order valence-corrected chi connectivity index (χ0v) is 12.8. The van der Waals surface area contributed by atoms with Gasteiger partial charge in [-0.3, -0.25) is 0 Å². The van der Waals surface area contributed by atoms with Crippen molar-refractivity contribution in [1.29, 1.82) is 0 Å². The molecule has 0 spiro atoms. The first-order chi connectivity index (χ1) is 10.7. The number of aromatic nitrogens is 3. The van der Waals surface area contributed by atoms with Gasteiger partial charge in [-0.05, 0) is 11.1 Å². The van der Waals surface area contributed by atoms with Crippen molar-refractivity contribution in [2.24, 2.45) is 4.47 Å². The largest absolute Gasteiger partial charge is 0.247 e. The Morgan fingerprint density at radius 1 is 0.818 bits per heavy atom. The summed E-state index contributed by atoms with van der Waals surface area (Å²) in [6, 6.07) is 19.5. The molecule has 0 atom stereocenters. The highest BCUT2D eigenvalue weighted by Gasteiger charge is 2.13. The van der Waals surface area contributed by atoms with Gasteiger partial charge in [0.25, 0.3) is 0 Å². The van der Waals surface area contributed by atoms with Gasteiger partial charge >= 0.3 is 0 Å². The number of hydrogen-bond donors (Lipinski definition) is 0. The molecule has 5 nitrogen and oxygen atoms in total.